The van der Waals surface area contributed by atoms with Gasteiger partial charge in [-0.25, -0.2) is 18.5 Å². The minimum atomic E-state index is -3.76. The Morgan fingerprint density at radius 2 is 1.84 bits per heavy atom. The van der Waals surface area contributed by atoms with E-state index in [0.29, 0.717) is 27.9 Å². The number of amides is 1. The number of nitrogens with two attached hydrogens (primary N) is 1. The third-order valence-electron chi connectivity index (χ3n) is 4.71. The lowest BCUT2D eigenvalue weighted by molar-refractivity contribution is 0.0952. The van der Waals surface area contributed by atoms with Gasteiger partial charge in [-0.2, -0.15) is 0 Å². The van der Waals surface area contributed by atoms with Gasteiger partial charge in [-0.05, 0) is 61.0 Å². The number of primary sulfonamides is 1. The molecule has 4 rings (SSSR count). The third-order valence-corrected chi connectivity index (χ3v) is 6.14. The lowest BCUT2D eigenvalue weighted by Crippen LogP contribution is -2.23. The lowest BCUT2D eigenvalue weighted by Gasteiger charge is -2.11. The molecule has 0 aliphatic rings. The number of nitrogens with zero attached hydrogens (tertiary/aromatic N) is 1. The number of sulfonamides is 1. The van der Waals surface area contributed by atoms with Crippen LogP contribution in [0.5, 0.6) is 0 Å². The zero-order valence-electron chi connectivity index (χ0n) is 16.4. The number of carbonyl (C=O) groups excluding carboxylic acids is 1. The largest absolute Gasteiger partial charge is 0.460 e. The van der Waals surface area contributed by atoms with Gasteiger partial charge in [-0.15, -0.1) is 0 Å². The Morgan fingerprint density at radius 1 is 1.10 bits per heavy atom. The van der Waals surface area contributed by atoms with Crippen LogP contribution in [0.15, 0.2) is 74.4 Å². The first kappa shape index (κ1) is 21.2. The van der Waals surface area contributed by atoms with Crippen LogP contribution in [0.1, 0.15) is 21.7 Å². The van der Waals surface area contributed by atoms with Crippen molar-refractivity contribution in [2.75, 3.05) is 0 Å². The summed E-state index contributed by atoms with van der Waals surface area (Å²) in [7, 11) is -3.76. The summed E-state index contributed by atoms with van der Waals surface area (Å²) in [5.74, 6) is 1.04. The number of aryl methyl sites for hydroxylation is 1. The summed E-state index contributed by atoms with van der Waals surface area (Å²) in [6.45, 7) is 2.06. The molecule has 2 aromatic carbocycles. The number of fused-ring (bicyclic) bond motifs is 1. The van der Waals surface area contributed by atoms with E-state index in [0.717, 1.165) is 15.8 Å². The Balaban J connectivity index is 1.65. The van der Waals surface area contributed by atoms with Gasteiger partial charge in [0.15, 0.2) is 5.76 Å². The van der Waals surface area contributed by atoms with Crippen molar-refractivity contribution in [2.24, 2.45) is 5.14 Å². The number of hydrogen-bond donors (Lipinski definition) is 2. The van der Waals surface area contributed by atoms with E-state index in [4.69, 9.17) is 9.56 Å². The van der Waals surface area contributed by atoms with Crippen LogP contribution in [0.4, 0.5) is 0 Å². The highest BCUT2D eigenvalue weighted by Gasteiger charge is 2.16. The number of furan rings is 1. The Morgan fingerprint density at radius 3 is 2.48 bits per heavy atom. The lowest BCUT2D eigenvalue weighted by atomic mass is 10.1. The maximum Gasteiger partial charge on any atom is 0.252 e. The molecule has 0 radical (unpaired) electrons. The Kier molecular flexibility index (Phi) is 5.65. The Bertz CT molecular complexity index is 1400. The summed E-state index contributed by atoms with van der Waals surface area (Å²) in [5.41, 5.74) is 2.42. The fourth-order valence-corrected chi connectivity index (χ4v) is 4.04. The number of rotatable bonds is 5. The number of nitrogens with one attached hydrogen (secondary N) is 1. The van der Waals surface area contributed by atoms with Crippen molar-refractivity contribution in [3.63, 3.8) is 0 Å². The molecule has 0 bridgehead atoms. The van der Waals surface area contributed by atoms with Crippen molar-refractivity contribution >= 4 is 42.8 Å². The van der Waals surface area contributed by atoms with Gasteiger partial charge in [0.05, 0.1) is 16.0 Å². The van der Waals surface area contributed by atoms with E-state index in [-0.39, 0.29) is 17.3 Å². The Hall–Kier alpha value is -3.01. The molecular formula is C22H18BrN3O4S. The summed E-state index contributed by atoms with van der Waals surface area (Å²) < 4.78 is 29.3. The van der Waals surface area contributed by atoms with Crippen LogP contribution < -0.4 is 10.5 Å². The molecule has 0 aliphatic carbocycles. The second-order valence-electron chi connectivity index (χ2n) is 7.00. The standard InChI is InChI=1S/C22H18BrN3O4S/c1-13-2-9-21(30-13)20-11-18(17-10-15(23)5-8-19(17)26-20)22(27)25-12-14-3-6-16(7-4-14)31(24,28)29/h2-11H,12H2,1H3,(H,25,27)(H2,24,28,29). The van der Waals surface area contributed by atoms with Gasteiger partial charge in [0.25, 0.3) is 5.91 Å². The highest BCUT2D eigenvalue weighted by Crippen LogP contribution is 2.28. The number of pyridine rings is 1. The summed E-state index contributed by atoms with van der Waals surface area (Å²) in [5, 5.41) is 8.69. The van der Waals surface area contributed by atoms with E-state index < -0.39 is 10.0 Å². The number of halogens is 1. The fourth-order valence-electron chi connectivity index (χ4n) is 3.16. The van der Waals surface area contributed by atoms with E-state index in [9.17, 15) is 13.2 Å². The summed E-state index contributed by atoms with van der Waals surface area (Å²) >= 11 is 3.44. The first-order valence-electron chi connectivity index (χ1n) is 9.28. The SMILES string of the molecule is Cc1ccc(-c2cc(C(=O)NCc3ccc(S(N)(=O)=O)cc3)c3cc(Br)ccc3n2)o1. The van der Waals surface area contributed by atoms with Gasteiger partial charge in [0.2, 0.25) is 10.0 Å². The topological polar surface area (TPSA) is 115 Å². The molecule has 4 aromatic rings. The molecule has 1 amide bonds. The smallest absolute Gasteiger partial charge is 0.252 e. The van der Waals surface area contributed by atoms with Crippen LogP contribution in [0.3, 0.4) is 0 Å². The zero-order chi connectivity index (χ0) is 22.2. The van der Waals surface area contributed by atoms with Crippen molar-refractivity contribution in [3.8, 4) is 11.5 Å². The molecule has 7 nitrogen and oxygen atoms in total. The highest BCUT2D eigenvalue weighted by molar-refractivity contribution is 9.10. The van der Waals surface area contributed by atoms with Gasteiger partial charge >= 0.3 is 0 Å². The maximum absolute atomic E-state index is 13.1. The third kappa shape index (κ3) is 4.68. The minimum Gasteiger partial charge on any atom is -0.460 e. The Labute approximate surface area is 187 Å². The molecule has 2 aromatic heterocycles. The summed E-state index contributed by atoms with van der Waals surface area (Å²) in [6.07, 6.45) is 0. The van der Waals surface area contributed by atoms with Crippen molar-refractivity contribution in [3.05, 3.63) is 82.0 Å². The van der Waals surface area contributed by atoms with Crippen LogP contribution in [0, 0.1) is 6.92 Å². The highest BCUT2D eigenvalue weighted by atomic mass is 79.9. The van der Waals surface area contributed by atoms with Crippen molar-refractivity contribution < 1.29 is 17.6 Å². The monoisotopic (exact) mass is 499 g/mol. The molecular weight excluding hydrogens is 482 g/mol. The van der Waals surface area contributed by atoms with E-state index in [1.807, 2.05) is 37.3 Å². The van der Waals surface area contributed by atoms with Gasteiger partial charge < -0.3 is 9.73 Å². The van der Waals surface area contributed by atoms with Gasteiger partial charge in [0.1, 0.15) is 11.5 Å². The molecule has 9 heteroatoms. The van der Waals surface area contributed by atoms with E-state index >= 15 is 0 Å². The molecule has 0 saturated carbocycles. The molecule has 0 unspecified atom stereocenters. The van der Waals surface area contributed by atoms with E-state index in [1.165, 1.54) is 12.1 Å². The van der Waals surface area contributed by atoms with Gasteiger partial charge in [-0.3, -0.25) is 4.79 Å². The van der Waals surface area contributed by atoms with Crippen LogP contribution in [0.2, 0.25) is 0 Å². The number of carbonyl (C=O) groups is 1. The number of aromatic nitrogens is 1. The van der Waals surface area contributed by atoms with Crippen molar-refractivity contribution in [2.45, 2.75) is 18.4 Å². The quantitative estimate of drug-likeness (QED) is 0.428. The second kappa shape index (κ2) is 8.26. The molecule has 0 saturated heterocycles. The predicted octanol–water partition coefficient (Wildman–Crippen LogP) is 4.14. The van der Waals surface area contributed by atoms with Crippen molar-refractivity contribution in [1.82, 2.24) is 10.3 Å². The van der Waals surface area contributed by atoms with Crippen LogP contribution in [-0.4, -0.2) is 19.3 Å². The second-order valence-corrected chi connectivity index (χ2v) is 9.48. The predicted molar refractivity (Wildman–Crippen MR) is 121 cm³/mol. The molecule has 0 aliphatic heterocycles. The van der Waals surface area contributed by atoms with Crippen LogP contribution >= 0.6 is 15.9 Å². The normalized spacial score (nSPS) is 11.6. The molecule has 0 spiro atoms. The first-order valence-corrected chi connectivity index (χ1v) is 11.6. The molecule has 3 N–H and O–H groups in total. The average molecular weight is 500 g/mol. The fraction of sp³-hybridized carbons (Fsp3) is 0.0909. The molecule has 158 valence electrons. The molecule has 0 atom stereocenters. The number of benzene rings is 2. The summed E-state index contributed by atoms with van der Waals surface area (Å²) in [6, 6.07) is 16.9. The number of hydrogen-bond acceptors (Lipinski definition) is 5. The van der Waals surface area contributed by atoms with Crippen LogP contribution in [-0.2, 0) is 16.6 Å². The summed E-state index contributed by atoms with van der Waals surface area (Å²) in [4.78, 5) is 17.7. The van der Waals surface area contributed by atoms with Crippen LogP contribution in [0.25, 0.3) is 22.4 Å². The molecule has 2 heterocycles. The first-order chi connectivity index (χ1) is 14.7. The van der Waals surface area contributed by atoms with Crippen molar-refractivity contribution in [1.29, 1.82) is 0 Å². The van der Waals surface area contributed by atoms with E-state index in [2.05, 4.69) is 26.2 Å². The van der Waals surface area contributed by atoms with Gasteiger partial charge in [-0.1, -0.05) is 28.1 Å². The van der Waals surface area contributed by atoms with E-state index in [1.54, 1.807) is 18.2 Å². The van der Waals surface area contributed by atoms with Gasteiger partial charge in [0, 0.05) is 16.4 Å². The maximum atomic E-state index is 13.1. The average Bonchev–Trinajstić information content (AvgIpc) is 3.17. The zero-order valence-corrected chi connectivity index (χ0v) is 18.8. The minimum absolute atomic E-state index is 0.0194. The molecule has 31 heavy (non-hydrogen) atoms. The molecule has 0 fully saturated rings.